The van der Waals surface area contributed by atoms with Crippen LogP contribution in [-0.4, -0.2) is 47.7 Å². The lowest BCUT2D eigenvalue weighted by atomic mass is 9.67. The number of carbonyl (C=O) groups excluding carboxylic acids is 1. The Bertz CT molecular complexity index is 427. The highest BCUT2D eigenvalue weighted by molar-refractivity contribution is 5.78. The second-order valence-corrected chi connectivity index (χ2v) is 7.80. The largest absolute Gasteiger partial charge is 0.479 e. The Morgan fingerprint density at radius 2 is 1.87 bits per heavy atom. The highest BCUT2D eigenvalue weighted by atomic mass is 16.5. The third kappa shape index (κ3) is 4.69. The Morgan fingerprint density at radius 3 is 2.43 bits per heavy atom. The minimum Gasteiger partial charge on any atom is -0.479 e. The molecule has 1 aliphatic heterocycles. The summed E-state index contributed by atoms with van der Waals surface area (Å²) in [5.74, 6) is 0.332. The smallest absolute Gasteiger partial charge is 0.334 e. The molecule has 0 aromatic heterocycles. The number of nitrogens with zero attached hydrogens (tertiary/aromatic N) is 1. The Labute approximate surface area is 139 Å². The van der Waals surface area contributed by atoms with Gasteiger partial charge in [-0.15, -0.1) is 0 Å². The van der Waals surface area contributed by atoms with Gasteiger partial charge in [-0.2, -0.15) is 0 Å². The van der Waals surface area contributed by atoms with Gasteiger partial charge < -0.3 is 14.7 Å². The van der Waals surface area contributed by atoms with Crippen molar-refractivity contribution in [3.63, 3.8) is 0 Å². The first-order chi connectivity index (χ1) is 10.8. The van der Waals surface area contributed by atoms with Gasteiger partial charge in [0.25, 0.3) is 0 Å². The molecule has 5 heteroatoms. The van der Waals surface area contributed by atoms with Gasteiger partial charge in [0.15, 0.2) is 6.10 Å². The molecule has 1 unspecified atom stereocenters. The van der Waals surface area contributed by atoms with Gasteiger partial charge in [0.1, 0.15) is 0 Å². The highest BCUT2D eigenvalue weighted by Crippen LogP contribution is 2.42. The van der Waals surface area contributed by atoms with Gasteiger partial charge in [0.2, 0.25) is 5.91 Å². The van der Waals surface area contributed by atoms with Crippen molar-refractivity contribution in [1.82, 2.24) is 4.90 Å². The second-order valence-electron chi connectivity index (χ2n) is 7.80. The molecular weight excluding hydrogens is 294 g/mol. The Kier molecular flexibility index (Phi) is 6.06. The Balaban J connectivity index is 1.80. The van der Waals surface area contributed by atoms with E-state index < -0.39 is 12.1 Å². The van der Waals surface area contributed by atoms with E-state index in [0.717, 1.165) is 18.8 Å². The molecule has 2 rings (SSSR count). The van der Waals surface area contributed by atoms with Gasteiger partial charge in [-0.05, 0) is 42.9 Å². The van der Waals surface area contributed by atoms with E-state index in [1.165, 1.54) is 19.3 Å². The fourth-order valence-electron chi connectivity index (χ4n) is 3.84. The molecule has 1 heterocycles. The van der Waals surface area contributed by atoms with Crippen LogP contribution in [0.3, 0.4) is 0 Å². The molecule has 0 bridgehead atoms. The normalized spacial score (nSPS) is 29.3. The van der Waals surface area contributed by atoms with E-state index in [0.29, 0.717) is 30.9 Å². The molecule has 1 saturated heterocycles. The average molecular weight is 325 g/mol. The lowest BCUT2D eigenvalue weighted by molar-refractivity contribution is -0.159. The van der Waals surface area contributed by atoms with Crippen molar-refractivity contribution in [2.24, 2.45) is 17.3 Å². The van der Waals surface area contributed by atoms with Gasteiger partial charge in [-0.25, -0.2) is 4.79 Å². The molecule has 23 heavy (non-hydrogen) atoms. The van der Waals surface area contributed by atoms with Crippen LogP contribution in [0.25, 0.3) is 0 Å². The number of carbonyl (C=O) groups is 2. The third-order valence-electron chi connectivity index (χ3n) is 6.02. The second kappa shape index (κ2) is 7.65. The zero-order chi connectivity index (χ0) is 17.0. The molecule has 5 nitrogen and oxygen atoms in total. The molecule has 1 amide bonds. The molecule has 1 atom stereocenters. The molecule has 0 radical (unpaired) electrons. The molecule has 1 aliphatic carbocycles. The summed E-state index contributed by atoms with van der Waals surface area (Å²) in [5, 5.41) is 9.02. The maximum atomic E-state index is 12.4. The van der Waals surface area contributed by atoms with Gasteiger partial charge >= 0.3 is 5.97 Å². The minimum atomic E-state index is -0.982. The molecule has 2 aliphatic rings. The molecular formula is C18H31NO4. The molecule has 2 fully saturated rings. The number of morpholine rings is 1. The molecule has 0 aromatic rings. The quantitative estimate of drug-likeness (QED) is 0.844. The van der Waals surface area contributed by atoms with Crippen LogP contribution in [0.15, 0.2) is 0 Å². The van der Waals surface area contributed by atoms with E-state index in [9.17, 15) is 9.59 Å². The zero-order valence-corrected chi connectivity index (χ0v) is 14.7. The highest BCUT2D eigenvalue weighted by Gasteiger charge is 2.34. The zero-order valence-electron chi connectivity index (χ0n) is 14.7. The van der Waals surface area contributed by atoms with Crippen molar-refractivity contribution in [1.29, 1.82) is 0 Å². The Morgan fingerprint density at radius 1 is 1.22 bits per heavy atom. The van der Waals surface area contributed by atoms with E-state index in [1.807, 2.05) is 0 Å². The maximum absolute atomic E-state index is 12.4. The predicted octanol–water partition coefficient (Wildman–Crippen LogP) is 2.93. The topological polar surface area (TPSA) is 66.8 Å². The van der Waals surface area contributed by atoms with Crippen molar-refractivity contribution in [2.75, 3.05) is 19.7 Å². The molecule has 0 spiro atoms. The first-order valence-electron chi connectivity index (χ1n) is 8.95. The average Bonchev–Trinajstić information content (AvgIpc) is 2.55. The van der Waals surface area contributed by atoms with Gasteiger partial charge in [0, 0.05) is 13.0 Å². The third-order valence-corrected chi connectivity index (χ3v) is 6.02. The lowest BCUT2D eigenvalue weighted by Crippen LogP contribution is -2.49. The SMILES string of the molecule is CCC(C)(C)C1CCC(CC(=O)N2CCOC(C(=O)O)C2)CC1. The minimum absolute atomic E-state index is 0.0951. The van der Waals surface area contributed by atoms with E-state index in [4.69, 9.17) is 9.84 Å². The summed E-state index contributed by atoms with van der Waals surface area (Å²) in [7, 11) is 0. The van der Waals surface area contributed by atoms with Crippen molar-refractivity contribution in [3.05, 3.63) is 0 Å². The van der Waals surface area contributed by atoms with E-state index in [-0.39, 0.29) is 12.5 Å². The lowest BCUT2D eigenvalue weighted by Gasteiger charge is -2.39. The van der Waals surface area contributed by atoms with Crippen molar-refractivity contribution in [2.45, 2.75) is 65.4 Å². The monoisotopic (exact) mass is 325 g/mol. The first-order valence-corrected chi connectivity index (χ1v) is 8.95. The van der Waals surface area contributed by atoms with Crippen molar-refractivity contribution in [3.8, 4) is 0 Å². The number of hydrogen-bond donors (Lipinski definition) is 1. The summed E-state index contributed by atoms with van der Waals surface area (Å²) in [6.07, 6.45) is 5.55. The summed E-state index contributed by atoms with van der Waals surface area (Å²) < 4.78 is 5.18. The van der Waals surface area contributed by atoms with Crippen LogP contribution in [0.2, 0.25) is 0 Å². The van der Waals surface area contributed by atoms with Crippen LogP contribution < -0.4 is 0 Å². The number of rotatable bonds is 5. The van der Waals surface area contributed by atoms with E-state index in [1.54, 1.807) is 4.90 Å². The molecule has 1 N–H and O–H groups in total. The summed E-state index contributed by atoms with van der Waals surface area (Å²) >= 11 is 0. The number of hydrogen-bond acceptors (Lipinski definition) is 3. The first kappa shape index (κ1) is 18.2. The van der Waals surface area contributed by atoms with Crippen LogP contribution in [0, 0.1) is 17.3 Å². The Hall–Kier alpha value is -1.10. The summed E-state index contributed by atoms with van der Waals surface area (Å²) in [5.41, 5.74) is 0.397. The predicted molar refractivity (Wildman–Crippen MR) is 88.1 cm³/mol. The number of amides is 1. The van der Waals surface area contributed by atoms with Crippen LogP contribution in [0.5, 0.6) is 0 Å². The fraction of sp³-hybridized carbons (Fsp3) is 0.889. The summed E-state index contributed by atoms with van der Waals surface area (Å²) in [6, 6.07) is 0. The number of aliphatic carboxylic acids is 1. The van der Waals surface area contributed by atoms with Crippen LogP contribution in [-0.2, 0) is 14.3 Å². The molecule has 132 valence electrons. The summed E-state index contributed by atoms with van der Waals surface area (Å²) in [6.45, 7) is 7.98. The number of carboxylic acid groups (broad SMARTS) is 1. The summed E-state index contributed by atoms with van der Waals surface area (Å²) in [4.78, 5) is 25.1. The van der Waals surface area contributed by atoms with Crippen LogP contribution >= 0.6 is 0 Å². The van der Waals surface area contributed by atoms with Crippen LogP contribution in [0.4, 0.5) is 0 Å². The number of carboxylic acids is 1. The fourth-order valence-corrected chi connectivity index (χ4v) is 3.84. The van der Waals surface area contributed by atoms with Gasteiger partial charge in [0.05, 0.1) is 13.2 Å². The van der Waals surface area contributed by atoms with Crippen molar-refractivity contribution < 1.29 is 19.4 Å². The van der Waals surface area contributed by atoms with Crippen molar-refractivity contribution >= 4 is 11.9 Å². The van der Waals surface area contributed by atoms with Gasteiger partial charge in [-0.3, -0.25) is 4.79 Å². The maximum Gasteiger partial charge on any atom is 0.334 e. The van der Waals surface area contributed by atoms with Crippen LogP contribution in [0.1, 0.15) is 59.3 Å². The molecule has 1 saturated carbocycles. The van der Waals surface area contributed by atoms with Gasteiger partial charge in [-0.1, -0.05) is 27.2 Å². The molecule has 0 aromatic carbocycles. The standard InChI is InChI=1S/C18H31NO4/c1-4-18(2,3)14-7-5-13(6-8-14)11-16(20)19-9-10-23-15(12-19)17(21)22/h13-15H,4-12H2,1-3H3,(H,21,22). The number of ether oxygens (including phenoxy) is 1. The van der Waals surface area contributed by atoms with E-state index in [2.05, 4.69) is 20.8 Å². The van der Waals surface area contributed by atoms with E-state index >= 15 is 0 Å².